The summed E-state index contributed by atoms with van der Waals surface area (Å²) in [5.41, 5.74) is 3.26. The van der Waals surface area contributed by atoms with Crippen molar-refractivity contribution in [3.05, 3.63) is 54.1 Å². The van der Waals surface area contributed by atoms with Crippen LogP contribution in [-0.2, 0) is 0 Å². The first-order chi connectivity index (χ1) is 9.65. The second-order valence-corrected chi connectivity index (χ2v) is 5.15. The average molecular weight is 263 g/mol. The van der Waals surface area contributed by atoms with Gasteiger partial charge in [0.2, 0.25) is 0 Å². The number of hydrogen-bond acceptors (Lipinski definition) is 3. The molecule has 0 spiro atoms. The minimum atomic E-state index is 0.771. The number of aromatic nitrogens is 2. The molecule has 2 aromatic carbocycles. The largest absolute Gasteiger partial charge is 0.362 e. The zero-order valence-electron chi connectivity index (χ0n) is 12.0. The van der Waals surface area contributed by atoms with Crippen molar-refractivity contribution in [3.8, 4) is 11.4 Å². The highest BCUT2D eigenvalue weighted by molar-refractivity contribution is 5.90. The summed E-state index contributed by atoms with van der Waals surface area (Å²) in [6, 6.07) is 16.4. The lowest BCUT2D eigenvalue weighted by atomic mass is 10.1. The van der Waals surface area contributed by atoms with Gasteiger partial charge in [-0.05, 0) is 19.1 Å². The zero-order chi connectivity index (χ0) is 14.1. The maximum Gasteiger partial charge on any atom is 0.162 e. The van der Waals surface area contributed by atoms with Gasteiger partial charge in [-0.1, -0.05) is 42.0 Å². The molecule has 0 amide bonds. The molecule has 1 heterocycles. The van der Waals surface area contributed by atoms with Crippen molar-refractivity contribution in [1.29, 1.82) is 0 Å². The normalized spacial score (nSPS) is 10.8. The molecular formula is C17H17N3. The molecular weight excluding hydrogens is 246 g/mol. The third-order valence-corrected chi connectivity index (χ3v) is 3.32. The summed E-state index contributed by atoms with van der Waals surface area (Å²) in [7, 11) is 4.02. The van der Waals surface area contributed by atoms with Crippen LogP contribution in [0.2, 0.25) is 0 Å². The van der Waals surface area contributed by atoms with E-state index < -0.39 is 0 Å². The highest BCUT2D eigenvalue weighted by atomic mass is 15.2. The Hall–Kier alpha value is -2.42. The fourth-order valence-electron chi connectivity index (χ4n) is 2.23. The third-order valence-electron chi connectivity index (χ3n) is 3.32. The quantitative estimate of drug-likeness (QED) is 0.706. The van der Waals surface area contributed by atoms with Crippen LogP contribution in [0.4, 0.5) is 5.82 Å². The van der Waals surface area contributed by atoms with Crippen LogP contribution in [0.25, 0.3) is 22.3 Å². The Bertz CT molecular complexity index is 746. The van der Waals surface area contributed by atoms with Gasteiger partial charge in [0, 0.05) is 25.0 Å². The lowest BCUT2D eigenvalue weighted by molar-refractivity contribution is 1.07. The van der Waals surface area contributed by atoms with Crippen molar-refractivity contribution in [1.82, 2.24) is 9.97 Å². The summed E-state index contributed by atoms with van der Waals surface area (Å²) in [5.74, 6) is 1.72. The van der Waals surface area contributed by atoms with Gasteiger partial charge in [0.25, 0.3) is 0 Å². The monoisotopic (exact) mass is 263 g/mol. The maximum absolute atomic E-state index is 4.72. The van der Waals surface area contributed by atoms with E-state index in [1.807, 2.05) is 37.2 Å². The molecule has 0 saturated heterocycles. The molecule has 1 aromatic heterocycles. The molecule has 0 bridgehead atoms. The van der Waals surface area contributed by atoms with Crippen LogP contribution in [-0.4, -0.2) is 24.1 Å². The van der Waals surface area contributed by atoms with Gasteiger partial charge in [-0.2, -0.15) is 0 Å². The van der Waals surface area contributed by atoms with E-state index in [-0.39, 0.29) is 0 Å². The molecule has 100 valence electrons. The predicted octanol–water partition coefficient (Wildman–Crippen LogP) is 3.67. The topological polar surface area (TPSA) is 29.0 Å². The van der Waals surface area contributed by atoms with E-state index in [2.05, 4.69) is 42.2 Å². The van der Waals surface area contributed by atoms with Crippen LogP contribution in [0.15, 0.2) is 48.5 Å². The van der Waals surface area contributed by atoms with Gasteiger partial charge < -0.3 is 4.90 Å². The first-order valence-electron chi connectivity index (χ1n) is 6.66. The van der Waals surface area contributed by atoms with E-state index in [9.17, 15) is 0 Å². The molecule has 0 saturated carbocycles. The van der Waals surface area contributed by atoms with Crippen molar-refractivity contribution in [3.63, 3.8) is 0 Å². The van der Waals surface area contributed by atoms with Gasteiger partial charge in [0.05, 0.1) is 5.52 Å². The van der Waals surface area contributed by atoms with Crippen LogP contribution in [0.1, 0.15) is 5.56 Å². The minimum Gasteiger partial charge on any atom is -0.362 e. The number of benzene rings is 2. The Labute approximate surface area is 118 Å². The van der Waals surface area contributed by atoms with Crippen molar-refractivity contribution in [2.75, 3.05) is 19.0 Å². The highest BCUT2D eigenvalue weighted by Gasteiger charge is 2.10. The van der Waals surface area contributed by atoms with Crippen LogP contribution >= 0.6 is 0 Å². The molecule has 0 unspecified atom stereocenters. The van der Waals surface area contributed by atoms with E-state index in [0.717, 1.165) is 28.1 Å². The average Bonchev–Trinajstić information content (AvgIpc) is 2.46. The third kappa shape index (κ3) is 2.23. The molecule has 0 aliphatic carbocycles. The Balaban J connectivity index is 2.24. The second-order valence-electron chi connectivity index (χ2n) is 5.15. The highest BCUT2D eigenvalue weighted by Crippen LogP contribution is 2.26. The predicted molar refractivity (Wildman–Crippen MR) is 84.0 cm³/mol. The van der Waals surface area contributed by atoms with Crippen molar-refractivity contribution < 1.29 is 0 Å². The van der Waals surface area contributed by atoms with Crippen LogP contribution in [0, 0.1) is 6.92 Å². The van der Waals surface area contributed by atoms with Crippen molar-refractivity contribution in [2.45, 2.75) is 6.92 Å². The van der Waals surface area contributed by atoms with Crippen molar-refractivity contribution in [2.24, 2.45) is 0 Å². The summed E-state index contributed by atoms with van der Waals surface area (Å²) in [6.07, 6.45) is 0. The molecule has 3 rings (SSSR count). The molecule has 0 atom stereocenters. The molecule has 3 heteroatoms. The van der Waals surface area contributed by atoms with Gasteiger partial charge in [-0.25, -0.2) is 9.97 Å². The van der Waals surface area contributed by atoms with Gasteiger partial charge in [0.15, 0.2) is 5.82 Å². The summed E-state index contributed by atoms with van der Waals surface area (Å²) >= 11 is 0. The molecule has 0 aliphatic rings. The summed E-state index contributed by atoms with van der Waals surface area (Å²) in [5, 5.41) is 1.08. The Morgan fingerprint density at radius 2 is 1.55 bits per heavy atom. The number of anilines is 1. The first-order valence-corrected chi connectivity index (χ1v) is 6.66. The minimum absolute atomic E-state index is 0.771. The number of para-hydroxylation sites is 1. The number of hydrogen-bond donors (Lipinski definition) is 0. The van der Waals surface area contributed by atoms with E-state index >= 15 is 0 Å². The molecule has 0 aliphatic heterocycles. The zero-order valence-corrected chi connectivity index (χ0v) is 12.0. The maximum atomic E-state index is 4.72. The summed E-state index contributed by atoms with van der Waals surface area (Å²) in [6.45, 7) is 2.08. The molecule has 3 nitrogen and oxygen atoms in total. The van der Waals surface area contributed by atoms with E-state index in [4.69, 9.17) is 4.98 Å². The first kappa shape index (κ1) is 12.6. The van der Waals surface area contributed by atoms with E-state index in [1.54, 1.807) is 0 Å². The fraction of sp³-hybridized carbons (Fsp3) is 0.176. The summed E-state index contributed by atoms with van der Waals surface area (Å²) in [4.78, 5) is 11.4. The molecule has 0 fully saturated rings. The standard InChI is InChI=1S/C17H17N3/c1-12-8-10-13(11-9-12)16-18-15-7-5-4-6-14(15)17(19-16)20(2)3/h4-11H,1-3H3. The summed E-state index contributed by atoms with van der Waals surface area (Å²) < 4.78 is 0. The van der Waals surface area contributed by atoms with Crippen molar-refractivity contribution >= 4 is 16.7 Å². The smallest absolute Gasteiger partial charge is 0.162 e. The number of fused-ring (bicyclic) bond motifs is 1. The van der Waals surface area contributed by atoms with Gasteiger partial charge in [-0.3, -0.25) is 0 Å². The SMILES string of the molecule is Cc1ccc(-c2nc(N(C)C)c3ccccc3n2)cc1. The molecule has 20 heavy (non-hydrogen) atoms. The lowest BCUT2D eigenvalue weighted by Gasteiger charge is -2.15. The molecule has 0 N–H and O–H groups in total. The van der Waals surface area contributed by atoms with Crippen LogP contribution in [0.3, 0.4) is 0 Å². The number of aryl methyl sites for hydroxylation is 1. The number of nitrogens with zero attached hydrogens (tertiary/aromatic N) is 3. The fourth-order valence-corrected chi connectivity index (χ4v) is 2.23. The van der Waals surface area contributed by atoms with Gasteiger partial charge in [-0.15, -0.1) is 0 Å². The van der Waals surface area contributed by atoms with E-state index in [0.29, 0.717) is 0 Å². The number of rotatable bonds is 2. The Morgan fingerprint density at radius 3 is 2.25 bits per heavy atom. The van der Waals surface area contributed by atoms with Crippen LogP contribution in [0.5, 0.6) is 0 Å². The Morgan fingerprint density at radius 1 is 0.850 bits per heavy atom. The van der Waals surface area contributed by atoms with E-state index in [1.165, 1.54) is 5.56 Å². The van der Waals surface area contributed by atoms with Gasteiger partial charge >= 0.3 is 0 Å². The second kappa shape index (κ2) is 4.93. The Kier molecular flexibility index (Phi) is 3.11. The molecule has 0 radical (unpaired) electrons. The van der Waals surface area contributed by atoms with Crippen LogP contribution < -0.4 is 4.90 Å². The molecule has 3 aromatic rings. The lowest BCUT2D eigenvalue weighted by Crippen LogP contribution is -2.12. The van der Waals surface area contributed by atoms with Gasteiger partial charge in [0.1, 0.15) is 5.82 Å².